The van der Waals surface area contributed by atoms with Crippen LogP contribution < -0.4 is 10.1 Å². The number of nitrogens with one attached hydrogen (secondary N) is 1. The summed E-state index contributed by atoms with van der Waals surface area (Å²) in [5.74, 6) is 0.979. The summed E-state index contributed by atoms with van der Waals surface area (Å²) in [6.07, 6.45) is 0. The summed E-state index contributed by atoms with van der Waals surface area (Å²) < 4.78 is 5.51. The molecule has 0 heterocycles. The second kappa shape index (κ2) is 4.78. The Morgan fingerprint density at radius 1 is 1.33 bits per heavy atom. The van der Waals surface area contributed by atoms with Gasteiger partial charge in [-0.25, -0.2) is 0 Å². The standard InChI is InChI=1S/C10H15NO/c1-9-5-3-4-6-10(9)12-8-7-11-2/h3-6,11H,7-8H2,1-2H3. The molecule has 0 saturated carbocycles. The zero-order chi connectivity index (χ0) is 8.81. The van der Waals surface area contributed by atoms with Gasteiger partial charge in [-0.1, -0.05) is 18.2 Å². The van der Waals surface area contributed by atoms with Gasteiger partial charge in [0, 0.05) is 6.54 Å². The molecule has 0 atom stereocenters. The molecular weight excluding hydrogens is 150 g/mol. The van der Waals surface area contributed by atoms with Crippen molar-refractivity contribution in [1.29, 1.82) is 0 Å². The maximum Gasteiger partial charge on any atom is 0.122 e. The number of rotatable bonds is 4. The number of likely N-dealkylation sites (N-methyl/N-ethyl adjacent to an activating group) is 1. The molecule has 0 unspecified atom stereocenters. The highest BCUT2D eigenvalue weighted by atomic mass is 16.5. The molecule has 0 saturated heterocycles. The number of hydrogen-bond donors (Lipinski definition) is 1. The van der Waals surface area contributed by atoms with Crippen LogP contribution >= 0.6 is 0 Å². The number of para-hydroxylation sites is 1. The van der Waals surface area contributed by atoms with Gasteiger partial charge in [-0.3, -0.25) is 0 Å². The van der Waals surface area contributed by atoms with Crippen LogP contribution in [0.4, 0.5) is 0 Å². The van der Waals surface area contributed by atoms with Gasteiger partial charge in [0.25, 0.3) is 0 Å². The van der Waals surface area contributed by atoms with Crippen LogP contribution in [0.25, 0.3) is 0 Å². The normalized spacial score (nSPS) is 9.83. The molecule has 0 fully saturated rings. The highest BCUT2D eigenvalue weighted by molar-refractivity contribution is 5.31. The third-order valence-electron chi connectivity index (χ3n) is 1.70. The molecular formula is C10H15NO. The zero-order valence-electron chi connectivity index (χ0n) is 7.63. The smallest absolute Gasteiger partial charge is 0.122 e. The summed E-state index contributed by atoms with van der Waals surface area (Å²) in [7, 11) is 1.92. The second-order valence-electron chi connectivity index (χ2n) is 2.72. The molecule has 0 spiro atoms. The number of hydrogen-bond acceptors (Lipinski definition) is 2. The third-order valence-corrected chi connectivity index (χ3v) is 1.70. The minimum atomic E-state index is 0.724. The van der Waals surface area contributed by atoms with Crippen molar-refractivity contribution in [2.75, 3.05) is 20.2 Å². The summed E-state index contributed by atoms with van der Waals surface area (Å²) in [5, 5.41) is 3.03. The highest BCUT2D eigenvalue weighted by Crippen LogP contribution is 2.15. The van der Waals surface area contributed by atoms with Crippen LogP contribution in [0.15, 0.2) is 24.3 Å². The molecule has 1 rings (SSSR count). The van der Waals surface area contributed by atoms with Gasteiger partial charge < -0.3 is 10.1 Å². The lowest BCUT2D eigenvalue weighted by Gasteiger charge is -2.07. The van der Waals surface area contributed by atoms with Crippen LogP contribution in [-0.2, 0) is 0 Å². The Kier molecular flexibility index (Phi) is 3.61. The lowest BCUT2D eigenvalue weighted by Crippen LogP contribution is -2.16. The van der Waals surface area contributed by atoms with E-state index in [0.717, 1.165) is 18.9 Å². The van der Waals surface area contributed by atoms with E-state index in [9.17, 15) is 0 Å². The minimum absolute atomic E-state index is 0.724. The monoisotopic (exact) mass is 165 g/mol. The molecule has 0 radical (unpaired) electrons. The fourth-order valence-electron chi connectivity index (χ4n) is 0.981. The number of benzene rings is 1. The van der Waals surface area contributed by atoms with E-state index in [1.165, 1.54) is 5.56 Å². The predicted octanol–water partition coefficient (Wildman–Crippen LogP) is 1.59. The van der Waals surface area contributed by atoms with Crippen LogP contribution in [0.1, 0.15) is 5.56 Å². The summed E-state index contributed by atoms with van der Waals surface area (Å²) in [4.78, 5) is 0. The first kappa shape index (κ1) is 9.07. The van der Waals surface area contributed by atoms with E-state index >= 15 is 0 Å². The molecule has 1 aromatic carbocycles. The fraction of sp³-hybridized carbons (Fsp3) is 0.400. The number of aryl methyl sites for hydroxylation is 1. The molecule has 0 amide bonds. The van der Waals surface area contributed by atoms with E-state index in [1.807, 2.05) is 25.2 Å². The Balaban J connectivity index is 2.46. The van der Waals surface area contributed by atoms with Gasteiger partial charge in [0.05, 0.1) is 0 Å². The maximum absolute atomic E-state index is 5.51. The Hall–Kier alpha value is -1.02. The van der Waals surface area contributed by atoms with Crippen LogP contribution in [0.2, 0.25) is 0 Å². The van der Waals surface area contributed by atoms with E-state index in [-0.39, 0.29) is 0 Å². The molecule has 0 aromatic heterocycles. The molecule has 0 aliphatic heterocycles. The van der Waals surface area contributed by atoms with E-state index in [1.54, 1.807) is 0 Å². The van der Waals surface area contributed by atoms with Gasteiger partial charge in [-0.2, -0.15) is 0 Å². The van der Waals surface area contributed by atoms with Crippen LogP contribution in [0.5, 0.6) is 5.75 Å². The molecule has 1 aromatic rings. The van der Waals surface area contributed by atoms with Crippen LogP contribution in [0, 0.1) is 6.92 Å². The maximum atomic E-state index is 5.51. The van der Waals surface area contributed by atoms with E-state index < -0.39 is 0 Å². The van der Waals surface area contributed by atoms with E-state index in [4.69, 9.17) is 4.74 Å². The molecule has 2 nitrogen and oxygen atoms in total. The van der Waals surface area contributed by atoms with Crippen molar-refractivity contribution < 1.29 is 4.74 Å². The zero-order valence-corrected chi connectivity index (χ0v) is 7.63. The molecule has 0 bridgehead atoms. The fourth-order valence-corrected chi connectivity index (χ4v) is 0.981. The lowest BCUT2D eigenvalue weighted by atomic mass is 10.2. The van der Waals surface area contributed by atoms with E-state index in [0.29, 0.717) is 0 Å². The van der Waals surface area contributed by atoms with Crippen molar-refractivity contribution in [3.8, 4) is 5.75 Å². The quantitative estimate of drug-likeness (QED) is 0.684. The summed E-state index contributed by atoms with van der Waals surface area (Å²) in [5.41, 5.74) is 1.19. The largest absolute Gasteiger partial charge is 0.492 e. The van der Waals surface area contributed by atoms with Crippen molar-refractivity contribution in [3.63, 3.8) is 0 Å². The van der Waals surface area contributed by atoms with Gasteiger partial charge in [0.15, 0.2) is 0 Å². The minimum Gasteiger partial charge on any atom is -0.492 e. The van der Waals surface area contributed by atoms with E-state index in [2.05, 4.69) is 18.3 Å². The lowest BCUT2D eigenvalue weighted by molar-refractivity contribution is 0.316. The SMILES string of the molecule is CNCCOc1ccccc1C. The Bertz CT molecular complexity index is 235. The summed E-state index contributed by atoms with van der Waals surface area (Å²) >= 11 is 0. The van der Waals surface area contributed by atoms with Gasteiger partial charge in [0.2, 0.25) is 0 Å². The van der Waals surface area contributed by atoms with Crippen molar-refractivity contribution in [3.05, 3.63) is 29.8 Å². The van der Waals surface area contributed by atoms with Gasteiger partial charge in [-0.05, 0) is 25.6 Å². The topological polar surface area (TPSA) is 21.3 Å². The first-order chi connectivity index (χ1) is 5.84. The van der Waals surface area contributed by atoms with Crippen LogP contribution in [0.3, 0.4) is 0 Å². The molecule has 0 aliphatic carbocycles. The van der Waals surface area contributed by atoms with Crippen molar-refractivity contribution in [1.82, 2.24) is 5.32 Å². The average Bonchev–Trinajstić information content (AvgIpc) is 2.09. The molecule has 2 heteroatoms. The highest BCUT2D eigenvalue weighted by Gasteiger charge is 1.95. The van der Waals surface area contributed by atoms with Gasteiger partial charge in [0.1, 0.15) is 12.4 Å². The van der Waals surface area contributed by atoms with Crippen molar-refractivity contribution in [2.45, 2.75) is 6.92 Å². The average molecular weight is 165 g/mol. The Morgan fingerprint density at radius 3 is 2.75 bits per heavy atom. The molecule has 1 N–H and O–H groups in total. The summed E-state index contributed by atoms with van der Waals surface area (Å²) in [6.45, 7) is 3.66. The first-order valence-electron chi connectivity index (χ1n) is 4.17. The molecule has 66 valence electrons. The van der Waals surface area contributed by atoms with Crippen LogP contribution in [-0.4, -0.2) is 20.2 Å². The Labute approximate surface area is 73.6 Å². The van der Waals surface area contributed by atoms with Crippen molar-refractivity contribution in [2.24, 2.45) is 0 Å². The third kappa shape index (κ3) is 2.55. The number of ether oxygens (including phenoxy) is 1. The second-order valence-corrected chi connectivity index (χ2v) is 2.72. The Morgan fingerprint density at radius 2 is 2.08 bits per heavy atom. The van der Waals surface area contributed by atoms with Gasteiger partial charge >= 0.3 is 0 Å². The molecule has 0 aliphatic rings. The van der Waals surface area contributed by atoms with Gasteiger partial charge in [-0.15, -0.1) is 0 Å². The predicted molar refractivity (Wildman–Crippen MR) is 50.6 cm³/mol. The molecule has 12 heavy (non-hydrogen) atoms. The van der Waals surface area contributed by atoms with Crippen molar-refractivity contribution >= 4 is 0 Å². The first-order valence-corrected chi connectivity index (χ1v) is 4.17. The summed E-state index contributed by atoms with van der Waals surface area (Å²) in [6, 6.07) is 8.04.